The molecular formula is C34H48O5. The normalized spacial score (nSPS) is 49.3. The molecule has 214 valence electrons. The van der Waals surface area contributed by atoms with Gasteiger partial charge in [0.1, 0.15) is 6.10 Å². The third kappa shape index (κ3) is 3.40. The molecule has 2 bridgehead atoms. The molecule has 2 spiro atoms. The molecule has 5 nitrogen and oxygen atoms in total. The molecule has 0 aromatic carbocycles. The molecule has 1 heterocycles. The van der Waals surface area contributed by atoms with Crippen LogP contribution in [0.5, 0.6) is 0 Å². The lowest BCUT2D eigenvalue weighted by atomic mass is 9.28. The maximum atomic E-state index is 13.7. The quantitative estimate of drug-likeness (QED) is 0.217. The molecule has 6 aliphatic carbocycles. The Morgan fingerprint density at radius 1 is 0.949 bits per heavy atom. The van der Waals surface area contributed by atoms with Gasteiger partial charge in [0.2, 0.25) is 0 Å². The molecule has 1 aliphatic heterocycles. The molecule has 12 atom stereocenters. The number of hydrogen-bond acceptors (Lipinski definition) is 5. The number of hydrogen-bond donors (Lipinski definition) is 0. The van der Waals surface area contributed by atoms with Gasteiger partial charge in [-0.25, -0.2) is 0 Å². The van der Waals surface area contributed by atoms with Gasteiger partial charge >= 0.3 is 17.9 Å². The Morgan fingerprint density at radius 3 is 2.36 bits per heavy atom. The molecule has 4 saturated carbocycles. The zero-order valence-corrected chi connectivity index (χ0v) is 25.0. The number of allylic oxidation sites excluding steroid dienone is 4. The topological polar surface area (TPSA) is 69.7 Å². The van der Waals surface area contributed by atoms with Gasteiger partial charge in [0.05, 0.1) is 11.8 Å². The van der Waals surface area contributed by atoms with Crippen LogP contribution in [0.15, 0.2) is 24.3 Å². The summed E-state index contributed by atoms with van der Waals surface area (Å²) in [5, 5.41) is 0. The van der Waals surface area contributed by atoms with E-state index in [1.165, 1.54) is 19.8 Å². The SMILES string of the molecule is CC(=O)OC1CCC2(C)C3CCC4(C)C(C(C)C=CC(C)C(C)C)CCC4C34C=CC2(C1)C1C(=O)OC(=O)C14. The number of rotatable bonds is 5. The van der Waals surface area contributed by atoms with Crippen LogP contribution in [-0.4, -0.2) is 24.0 Å². The number of ether oxygens (including phenoxy) is 2. The van der Waals surface area contributed by atoms with Crippen molar-refractivity contribution in [2.24, 2.45) is 69.0 Å². The third-order valence-electron chi connectivity index (χ3n) is 13.5. The van der Waals surface area contributed by atoms with E-state index in [0.717, 1.165) is 25.7 Å². The van der Waals surface area contributed by atoms with Gasteiger partial charge in [0.25, 0.3) is 0 Å². The van der Waals surface area contributed by atoms with Crippen LogP contribution in [0.2, 0.25) is 0 Å². The van der Waals surface area contributed by atoms with E-state index in [0.29, 0.717) is 41.9 Å². The van der Waals surface area contributed by atoms with Gasteiger partial charge in [-0.15, -0.1) is 0 Å². The van der Waals surface area contributed by atoms with Gasteiger partial charge in [0.15, 0.2) is 0 Å². The highest BCUT2D eigenvalue weighted by atomic mass is 16.6. The van der Waals surface area contributed by atoms with E-state index >= 15 is 0 Å². The fourth-order valence-electron chi connectivity index (χ4n) is 11.5. The molecule has 0 radical (unpaired) electrons. The molecule has 1 saturated heterocycles. The van der Waals surface area contributed by atoms with Gasteiger partial charge in [-0.2, -0.15) is 0 Å². The van der Waals surface area contributed by atoms with Gasteiger partial charge in [0, 0.05) is 17.8 Å². The van der Waals surface area contributed by atoms with Crippen molar-refractivity contribution in [2.75, 3.05) is 0 Å². The second kappa shape index (κ2) is 8.79. The average Bonchev–Trinajstić information content (AvgIpc) is 3.39. The summed E-state index contributed by atoms with van der Waals surface area (Å²) in [6.07, 6.45) is 16.2. The minimum atomic E-state index is -0.500. The number of esters is 3. The van der Waals surface area contributed by atoms with Crippen molar-refractivity contribution in [3.05, 3.63) is 24.3 Å². The summed E-state index contributed by atoms with van der Waals surface area (Å²) in [4.78, 5) is 39.1. The first-order valence-corrected chi connectivity index (χ1v) is 15.6. The highest BCUT2D eigenvalue weighted by Gasteiger charge is 2.81. The predicted molar refractivity (Wildman–Crippen MR) is 149 cm³/mol. The summed E-state index contributed by atoms with van der Waals surface area (Å²) in [6, 6.07) is 0. The summed E-state index contributed by atoms with van der Waals surface area (Å²) < 4.78 is 11.3. The van der Waals surface area contributed by atoms with Gasteiger partial charge in [-0.1, -0.05) is 65.8 Å². The van der Waals surface area contributed by atoms with E-state index < -0.39 is 17.3 Å². The van der Waals surface area contributed by atoms with E-state index in [9.17, 15) is 14.4 Å². The molecule has 0 amide bonds. The summed E-state index contributed by atoms with van der Waals surface area (Å²) in [5.74, 6) is 1.10. The molecule has 12 unspecified atom stereocenters. The van der Waals surface area contributed by atoms with E-state index in [-0.39, 0.29) is 40.3 Å². The number of carbonyl (C=O) groups is 3. The van der Waals surface area contributed by atoms with Gasteiger partial charge < -0.3 is 9.47 Å². The predicted octanol–water partition coefficient (Wildman–Crippen LogP) is 6.91. The number of cyclic esters (lactones) is 2. The van der Waals surface area contributed by atoms with Crippen LogP contribution in [-0.2, 0) is 23.9 Å². The first kappa shape index (κ1) is 27.3. The van der Waals surface area contributed by atoms with Crippen molar-refractivity contribution in [1.29, 1.82) is 0 Å². The van der Waals surface area contributed by atoms with Crippen molar-refractivity contribution in [3.8, 4) is 0 Å². The van der Waals surface area contributed by atoms with E-state index in [1.54, 1.807) is 0 Å². The van der Waals surface area contributed by atoms with Crippen LogP contribution < -0.4 is 0 Å². The summed E-state index contributed by atoms with van der Waals surface area (Å²) in [6.45, 7) is 15.6. The Kier molecular flexibility index (Phi) is 6.15. The Bertz CT molecular complexity index is 1140. The lowest BCUT2D eigenvalue weighted by Gasteiger charge is -2.74. The second-order valence-electron chi connectivity index (χ2n) is 15.1. The van der Waals surface area contributed by atoms with E-state index in [1.807, 2.05) is 0 Å². The minimum absolute atomic E-state index is 0.116. The number of fused-ring (bicyclic) bond motifs is 1. The van der Waals surface area contributed by atoms with Crippen molar-refractivity contribution in [2.45, 2.75) is 99.5 Å². The maximum Gasteiger partial charge on any atom is 0.318 e. The highest BCUT2D eigenvalue weighted by molar-refractivity contribution is 5.99. The molecule has 7 rings (SSSR count). The van der Waals surface area contributed by atoms with Crippen LogP contribution in [0.25, 0.3) is 0 Å². The van der Waals surface area contributed by atoms with Crippen LogP contribution >= 0.6 is 0 Å². The van der Waals surface area contributed by atoms with Crippen molar-refractivity contribution in [3.63, 3.8) is 0 Å². The van der Waals surface area contributed by atoms with Crippen molar-refractivity contribution >= 4 is 17.9 Å². The fourth-order valence-corrected chi connectivity index (χ4v) is 11.5. The van der Waals surface area contributed by atoms with Gasteiger partial charge in [-0.05, 0) is 91.3 Å². The monoisotopic (exact) mass is 536 g/mol. The Balaban J connectivity index is 1.42. The standard InChI is InChI=1S/C34H48O5/c1-19(2)20(3)8-9-21(4)24-10-11-25-31(24,6)14-13-26-32(7)15-12-23(38-22(5)35)18-33(32)16-17-34(25,26)28-27(33)29(36)39-30(28)37/h8-9,16-17,19-21,23-28H,10-15,18H2,1-7H3. The van der Waals surface area contributed by atoms with Crippen molar-refractivity contribution in [1.82, 2.24) is 0 Å². The smallest absolute Gasteiger partial charge is 0.318 e. The zero-order valence-electron chi connectivity index (χ0n) is 25.0. The van der Waals surface area contributed by atoms with Crippen LogP contribution in [0, 0.1) is 69.0 Å². The number of carbonyl (C=O) groups excluding carboxylic acids is 3. The van der Waals surface area contributed by atoms with Crippen LogP contribution in [0.4, 0.5) is 0 Å². The minimum Gasteiger partial charge on any atom is -0.463 e. The molecule has 7 aliphatic rings. The average molecular weight is 537 g/mol. The summed E-state index contributed by atoms with van der Waals surface area (Å²) in [5.41, 5.74) is -0.846. The highest BCUT2D eigenvalue weighted by Crippen LogP contribution is 2.82. The van der Waals surface area contributed by atoms with E-state index in [4.69, 9.17) is 9.47 Å². The first-order chi connectivity index (χ1) is 18.3. The second-order valence-corrected chi connectivity index (χ2v) is 15.1. The lowest BCUT2D eigenvalue weighted by Crippen LogP contribution is -2.72. The largest absolute Gasteiger partial charge is 0.463 e. The Labute approximate surface area is 234 Å². The molecule has 5 fully saturated rings. The summed E-state index contributed by atoms with van der Waals surface area (Å²) in [7, 11) is 0. The molecule has 39 heavy (non-hydrogen) atoms. The zero-order chi connectivity index (χ0) is 28.1. The van der Waals surface area contributed by atoms with Crippen molar-refractivity contribution < 1.29 is 23.9 Å². The molecular weight excluding hydrogens is 488 g/mol. The lowest BCUT2D eigenvalue weighted by molar-refractivity contribution is -0.243. The van der Waals surface area contributed by atoms with Crippen LogP contribution in [0.1, 0.15) is 93.4 Å². The molecule has 0 N–H and O–H groups in total. The molecule has 0 aromatic rings. The Morgan fingerprint density at radius 2 is 1.67 bits per heavy atom. The first-order valence-electron chi connectivity index (χ1n) is 15.6. The molecule has 0 aromatic heterocycles. The van der Waals surface area contributed by atoms with Gasteiger partial charge in [-0.3, -0.25) is 14.4 Å². The summed E-state index contributed by atoms with van der Waals surface area (Å²) >= 11 is 0. The van der Waals surface area contributed by atoms with E-state index in [2.05, 4.69) is 65.8 Å². The Hall–Kier alpha value is -1.91. The molecule has 5 heteroatoms. The fraction of sp³-hybridized carbons (Fsp3) is 0.794. The third-order valence-corrected chi connectivity index (χ3v) is 13.5. The van der Waals surface area contributed by atoms with Crippen LogP contribution in [0.3, 0.4) is 0 Å². The maximum absolute atomic E-state index is 13.7.